The SMILES string of the molecule is NC(F)c1cccc(Cl)c1F. The van der Waals surface area contributed by atoms with Crippen molar-refractivity contribution in [3.63, 3.8) is 0 Å². The van der Waals surface area contributed by atoms with Crippen molar-refractivity contribution in [2.45, 2.75) is 6.30 Å². The van der Waals surface area contributed by atoms with Gasteiger partial charge >= 0.3 is 0 Å². The van der Waals surface area contributed by atoms with Gasteiger partial charge in [0, 0.05) is 5.56 Å². The van der Waals surface area contributed by atoms with Crippen molar-refractivity contribution in [1.82, 2.24) is 0 Å². The van der Waals surface area contributed by atoms with Crippen LogP contribution in [0.4, 0.5) is 8.78 Å². The average Bonchev–Trinajstić information content (AvgIpc) is 1.94. The van der Waals surface area contributed by atoms with Gasteiger partial charge in [0.25, 0.3) is 0 Å². The van der Waals surface area contributed by atoms with Gasteiger partial charge in [-0.1, -0.05) is 23.7 Å². The molecule has 0 aliphatic rings. The first kappa shape index (κ1) is 8.43. The molecule has 1 rings (SSSR count). The van der Waals surface area contributed by atoms with E-state index in [9.17, 15) is 8.78 Å². The summed E-state index contributed by atoms with van der Waals surface area (Å²) < 4.78 is 25.2. The van der Waals surface area contributed by atoms with Crippen molar-refractivity contribution in [3.05, 3.63) is 34.6 Å². The minimum Gasteiger partial charge on any atom is -0.298 e. The van der Waals surface area contributed by atoms with Crippen LogP contribution in [0.1, 0.15) is 11.9 Å². The molecule has 0 aromatic heterocycles. The van der Waals surface area contributed by atoms with Gasteiger partial charge in [0.15, 0.2) is 6.30 Å². The van der Waals surface area contributed by atoms with Crippen molar-refractivity contribution in [2.75, 3.05) is 0 Å². The highest BCUT2D eigenvalue weighted by atomic mass is 35.5. The van der Waals surface area contributed by atoms with Crippen LogP contribution < -0.4 is 5.73 Å². The van der Waals surface area contributed by atoms with Crippen LogP contribution >= 0.6 is 11.6 Å². The third kappa shape index (κ3) is 1.67. The van der Waals surface area contributed by atoms with Crippen LogP contribution in [-0.2, 0) is 0 Å². The van der Waals surface area contributed by atoms with Gasteiger partial charge < -0.3 is 0 Å². The zero-order valence-electron chi connectivity index (χ0n) is 5.52. The lowest BCUT2D eigenvalue weighted by Crippen LogP contribution is -2.05. The second-order valence-electron chi connectivity index (χ2n) is 2.04. The Bertz CT molecular complexity index is 263. The number of alkyl halides is 1. The maximum atomic E-state index is 12.8. The molecule has 60 valence electrons. The number of nitrogens with two attached hydrogens (primary N) is 1. The van der Waals surface area contributed by atoms with Gasteiger partial charge in [-0.25, -0.2) is 8.78 Å². The van der Waals surface area contributed by atoms with E-state index in [1.807, 2.05) is 0 Å². The molecule has 1 unspecified atom stereocenters. The quantitative estimate of drug-likeness (QED) is 0.655. The molecule has 0 bridgehead atoms. The summed E-state index contributed by atoms with van der Waals surface area (Å²) in [6.07, 6.45) is -1.81. The fraction of sp³-hybridized carbons (Fsp3) is 0.143. The Morgan fingerprint density at radius 2 is 2.09 bits per heavy atom. The van der Waals surface area contributed by atoms with Crippen LogP contribution in [0.15, 0.2) is 18.2 Å². The standard InChI is InChI=1S/C7H6ClF2N/c8-5-3-1-2-4(6(5)9)7(10)11/h1-3,7H,11H2. The molecule has 0 spiro atoms. The zero-order chi connectivity index (χ0) is 8.43. The minimum atomic E-state index is -1.81. The lowest BCUT2D eigenvalue weighted by atomic mass is 10.2. The highest BCUT2D eigenvalue weighted by Gasteiger charge is 2.11. The first-order valence-corrected chi connectivity index (χ1v) is 3.34. The molecule has 4 heteroatoms. The van der Waals surface area contributed by atoms with Crippen LogP contribution in [-0.4, -0.2) is 0 Å². The number of hydrogen-bond acceptors (Lipinski definition) is 1. The summed E-state index contributed by atoms with van der Waals surface area (Å²) in [6.45, 7) is 0. The van der Waals surface area contributed by atoms with Gasteiger partial charge in [0.2, 0.25) is 0 Å². The highest BCUT2D eigenvalue weighted by molar-refractivity contribution is 6.30. The maximum absolute atomic E-state index is 12.8. The number of hydrogen-bond donors (Lipinski definition) is 1. The van der Waals surface area contributed by atoms with E-state index < -0.39 is 12.1 Å². The second-order valence-corrected chi connectivity index (χ2v) is 2.45. The van der Waals surface area contributed by atoms with E-state index in [-0.39, 0.29) is 10.6 Å². The van der Waals surface area contributed by atoms with E-state index >= 15 is 0 Å². The Morgan fingerprint density at radius 1 is 1.45 bits per heavy atom. The van der Waals surface area contributed by atoms with Crippen LogP contribution in [0.3, 0.4) is 0 Å². The Labute approximate surface area is 67.8 Å². The molecule has 0 fully saturated rings. The van der Waals surface area contributed by atoms with Gasteiger partial charge in [0.1, 0.15) is 5.82 Å². The van der Waals surface area contributed by atoms with Gasteiger partial charge in [-0.05, 0) is 6.07 Å². The average molecular weight is 178 g/mol. The van der Waals surface area contributed by atoms with E-state index in [4.69, 9.17) is 17.3 Å². The molecule has 0 amide bonds. The van der Waals surface area contributed by atoms with Gasteiger partial charge in [0.05, 0.1) is 5.02 Å². The van der Waals surface area contributed by atoms with Crippen molar-refractivity contribution in [1.29, 1.82) is 0 Å². The lowest BCUT2D eigenvalue weighted by molar-refractivity contribution is 0.344. The van der Waals surface area contributed by atoms with Gasteiger partial charge in [-0.3, -0.25) is 5.73 Å². The van der Waals surface area contributed by atoms with E-state index in [1.54, 1.807) is 0 Å². The van der Waals surface area contributed by atoms with E-state index in [1.165, 1.54) is 18.2 Å². The molecule has 1 aromatic carbocycles. The minimum absolute atomic E-state index is 0.115. The summed E-state index contributed by atoms with van der Waals surface area (Å²) in [6, 6.07) is 4.04. The summed E-state index contributed by atoms with van der Waals surface area (Å²) in [7, 11) is 0. The van der Waals surface area contributed by atoms with E-state index in [2.05, 4.69) is 0 Å². The van der Waals surface area contributed by atoms with E-state index in [0.717, 1.165) is 0 Å². The molecular formula is C7H6ClF2N. The summed E-state index contributed by atoms with van der Waals surface area (Å²) in [5.74, 6) is -0.788. The van der Waals surface area contributed by atoms with Crippen molar-refractivity contribution >= 4 is 11.6 Å². The summed E-state index contributed by atoms with van der Waals surface area (Å²) in [5.41, 5.74) is 4.61. The molecular weight excluding hydrogens is 172 g/mol. The maximum Gasteiger partial charge on any atom is 0.177 e. The van der Waals surface area contributed by atoms with E-state index in [0.29, 0.717) is 0 Å². The Morgan fingerprint density at radius 3 is 2.55 bits per heavy atom. The Balaban J connectivity index is 3.17. The normalized spacial score (nSPS) is 13.1. The molecule has 0 saturated carbocycles. The molecule has 1 atom stereocenters. The fourth-order valence-corrected chi connectivity index (χ4v) is 0.915. The fourth-order valence-electron chi connectivity index (χ4n) is 0.733. The Kier molecular flexibility index (Phi) is 2.42. The predicted molar refractivity (Wildman–Crippen MR) is 39.4 cm³/mol. The van der Waals surface area contributed by atoms with Crippen LogP contribution in [0, 0.1) is 5.82 Å². The summed E-state index contributed by atoms with van der Waals surface area (Å²) in [5, 5.41) is -0.115. The van der Waals surface area contributed by atoms with Crippen LogP contribution in [0.5, 0.6) is 0 Å². The monoisotopic (exact) mass is 177 g/mol. The second kappa shape index (κ2) is 3.15. The predicted octanol–water partition coefficient (Wildman–Crippen LogP) is 2.41. The summed E-state index contributed by atoms with van der Waals surface area (Å²) in [4.78, 5) is 0. The molecule has 1 aromatic rings. The third-order valence-electron chi connectivity index (χ3n) is 1.28. The van der Waals surface area contributed by atoms with Crippen molar-refractivity contribution < 1.29 is 8.78 Å². The number of halogens is 3. The molecule has 11 heavy (non-hydrogen) atoms. The number of benzene rings is 1. The number of rotatable bonds is 1. The molecule has 0 heterocycles. The molecule has 0 saturated heterocycles. The molecule has 2 N–H and O–H groups in total. The van der Waals surface area contributed by atoms with Crippen molar-refractivity contribution in [2.24, 2.45) is 5.73 Å². The molecule has 0 aliphatic carbocycles. The lowest BCUT2D eigenvalue weighted by Gasteiger charge is -2.03. The highest BCUT2D eigenvalue weighted by Crippen LogP contribution is 2.22. The smallest absolute Gasteiger partial charge is 0.177 e. The zero-order valence-corrected chi connectivity index (χ0v) is 6.28. The first-order chi connectivity index (χ1) is 5.13. The van der Waals surface area contributed by atoms with Gasteiger partial charge in [-0.15, -0.1) is 0 Å². The topological polar surface area (TPSA) is 26.0 Å². The third-order valence-corrected chi connectivity index (χ3v) is 1.57. The molecule has 1 nitrogen and oxygen atoms in total. The Hall–Kier alpha value is -0.670. The van der Waals surface area contributed by atoms with Crippen LogP contribution in [0.25, 0.3) is 0 Å². The van der Waals surface area contributed by atoms with Crippen molar-refractivity contribution in [3.8, 4) is 0 Å². The van der Waals surface area contributed by atoms with Crippen LogP contribution in [0.2, 0.25) is 5.02 Å². The largest absolute Gasteiger partial charge is 0.298 e. The summed E-state index contributed by atoms with van der Waals surface area (Å²) >= 11 is 5.36. The van der Waals surface area contributed by atoms with Gasteiger partial charge in [-0.2, -0.15) is 0 Å². The molecule has 0 radical (unpaired) electrons. The molecule has 0 aliphatic heterocycles. The first-order valence-electron chi connectivity index (χ1n) is 2.96.